The van der Waals surface area contributed by atoms with Crippen LogP contribution in [0.1, 0.15) is 19.3 Å². The Hall–Kier alpha value is -0.970. The van der Waals surface area contributed by atoms with E-state index in [2.05, 4.69) is 10.3 Å². The Balaban J connectivity index is 2.17. The molecule has 1 aromatic rings. The second-order valence-corrected chi connectivity index (χ2v) is 3.73. The van der Waals surface area contributed by atoms with E-state index in [1.807, 2.05) is 0 Å². The van der Waals surface area contributed by atoms with Crippen LogP contribution in [0.5, 0.6) is 0 Å². The van der Waals surface area contributed by atoms with Gasteiger partial charge in [-0.25, -0.2) is 4.98 Å². The molecule has 0 saturated carbocycles. The topological polar surface area (TPSA) is 24.9 Å². The molecule has 0 unspecified atom stereocenters. The second-order valence-electron chi connectivity index (χ2n) is 3.34. The Labute approximate surface area is 96.8 Å². The third-order valence-corrected chi connectivity index (χ3v) is 2.12. The van der Waals surface area contributed by atoms with Crippen LogP contribution in [0, 0.1) is 0 Å². The highest BCUT2D eigenvalue weighted by Gasteiger charge is 2.25. The molecule has 0 aliphatic rings. The maximum Gasteiger partial charge on any atom is 0.389 e. The van der Waals surface area contributed by atoms with Crippen molar-refractivity contribution >= 4 is 17.4 Å². The van der Waals surface area contributed by atoms with Gasteiger partial charge in [-0.1, -0.05) is 17.7 Å². The molecule has 0 aliphatic carbocycles. The number of nitrogens with zero attached hydrogens (tertiary/aromatic N) is 1. The van der Waals surface area contributed by atoms with Crippen molar-refractivity contribution < 1.29 is 13.2 Å². The Bertz CT molecular complexity index is 328. The first kappa shape index (κ1) is 13.1. The monoisotopic (exact) mass is 252 g/mol. The predicted molar refractivity (Wildman–Crippen MR) is 57.6 cm³/mol. The molecule has 0 spiro atoms. The summed E-state index contributed by atoms with van der Waals surface area (Å²) in [6.45, 7) is 0.462. The lowest BCUT2D eigenvalue weighted by Gasteiger charge is -2.07. The first-order valence-corrected chi connectivity index (χ1v) is 5.28. The van der Waals surface area contributed by atoms with E-state index in [1.165, 1.54) is 0 Å². The standard InChI is InChI=1S/C10H12ClF3N2/c11-8-4-3-5-9(16-8)15-7-2-1-6-10(12,13)14/h3-5H,1-2,6-7H2,(H,15,16). The quantitative estimate of drug-likeness (QED) is 0.635. The number of pyridine rings is 1. The van der Waals surface area contributed by atoms with Gasteiger partial charge in [0, 0.05) is 13.0 Å². The lowest BCUT2D eigenvalue weighted by Crippen LogP contribution is -2.09. The fourth-order valence-corrected chi connectivity index (χ4v) is 1.34. The first-order valence-electron chi connectivity index (χ1n) is 4.90. The van der Waals surface area contributed by atoms with Crippen molar-refractivity contribution in [3.8, 4) is 0 Å². The third-order valence-electron chi connectivity index (χ3n) is 1.91. The molecule has 2 nitrogen and oxygen atoms in total. The van der Waals surface area contributed by atoms with E-state index in [-0.39, 0.29) is 6.42 Å². The minimum Gasteiger partial charge on any atom is -0.370 e. The highest BCUT2D eigenvalue weighted by atomic mass is 35.5. The summed E-state index contributed by atoms with van der Waals surface area (Å²) in [4.78, 5) is 3.95. The van der Waals surface area contributed by atoms with Gasteiger partial charge in [-0.05, 0) is 25.0 Å². The van der Waals surface area contributed by atoms with Crippen LogP contribution in [0.3, 0.4) is 0 Å². The van der Waals surface area contributed by atoms with Crippen LogP contribution in [-0.2, 0) is 0 Å². The number of halogens is 4. The normalized spacial score (nSPS) is 11.5. The maximum atomic E-state index is 11.8. The van der Waals surface area contributed by atoms with Crippen LogP contribution < -0.4 is 5.32 Å². The summed E-state index contributed by atoms with van der Waals surface area (Å²) in [5.74, 6) is 0.583. The van der Waals surface area contributed by atoms with E-state index in [0.717, 1.165) is 0 Å². The molecule has 0 radical (unpaired) electrons. The third kappa shape index (κ3) is 5.80. The van der Waals surface area contributed by atoms with Crippen molar-refractivity contribution in [2.45, 2.75) is 25.4 Å². The van der Waals surface area contributed by atoms with Gasteiger partial charge in [-0.15, -0.1) is 0 Å². The van der Waals surface area contributed by atoms with E-state index in [4.69, 9.17) is 11.6 Å². The molecule has 0 atom stereocenters. The van der Waals surface area contributed by atoms with Crippen LogP contribution >= 0.6 is 11.6 Å². The Kier molecular flexibility index (Phi) is 4.86. The van der Waals surface area contributed by atoms with Crippen LogP contribution in [0.2, 0.25) is 5.15 Å². The van der Waals surface area contributed by atoms with Crippen molar-refractivity contribution in [2.24, 2.45) is 0 Å². The summed E-state index contributed by atoms with van der Waals surface area (Å²) < 4.78 is 35.4. The van der Waals surface area contributed by atoms with Crippen molar-refractivity contribution in [1.82, 2.24) is 4.98 Å². The number of nitrogens with one attached hydrogen (secondary N) is 1. The molecule has 1 N–H and O–H groups in total. The number of hydrogen-bond acceptors (Lipinski definition) is 2. The van der Waals surface area contributed by atoms with E-state index in [1.54, 1.807) is 18.2 Å². The number of hydrogen-bond donors (Lipinski definition) is 1. The Morgan fingerprint density at radius 1 is 1.25 bits per heavy atom. The molecule has 0 aromatic carbocycles. The average molecular weight is 253 g/mol. The van der Waals surface area contributed by atoms with Gasteiger partial charge in [-0.2, -0.15) is 13.2 Å². The molecule has 0 saturated heterocycles. The minimum atomic E-state index is -4.06. The van der Waals surface area contributed by atoms with Gasteiger partial charge in [0.05, 0.1) is 0 Å². The lowest BCUT2D eigenvalue weighted by atomic mass is 10.2. The average Bonchev–Trinajstić information content (AvgIpc) is 2.15. The first-order chi connectivity index (χ1) is 7.47. The molecule has 90 valence electrons. The number of rotatable bonds is 5. The molecule has 0 amide bonds. The van der Waals surface area contributed by atoms with E-state index >= 15 is 0 Å². The zero-order valence-electron chi connectivity index (χ0n) is 8.52. The zero-order chi connectivity index (χ0) is 12.0. The van der Waals surface area contributed by atoms with Gasteiger partial charge in [0.2, 0.25) is 0 Å². The van der Waals surface area contributed by atoms with E-state index in [0.29, 0.717) is 23.9 Å². The summed E-state index contributed by atoms with van der Waals surface area (Å²) in [5, 5.41) is 3.27. The van der Waals surface area contributed by atoms with Crippen LogP contribution in [-0.4, -0.2) is 17.7 Å². The summed E-state index contributed by atoms with van der Waals surface area (Å²) in [5.41, 5.74) is 0. The van der Waals surface area contributed by atoms with Crippen LogP contribution in [0.15, 0.2) is 18.2 Å². The van der Waals surface area contributed by atoms with E-state index < -0.39 is 12.6 Å². The lowest BCUT2D eigenvalue weighted by molar-refractivity contribution is -0.135. The second kappa shape index (κ2) is 5.94. The molecular formula is C10H12ClF3N2. The molecule has 1 rings (SSSR count). The molecular weight excluding hydrogens is 241 g/mol. The molecule has 0 aliphatic heterocycles. The van der Waals surface area contributed by atoms with Gasteiger partial charge in [-0.3, -0.25) is 0 Å². The number of alkyl halides is 3. The Morgan fingerprint density at radius 3 is 2.62 bits per heavy atom. The Morgan fingerprint density at radius 2 is 2.00 bits per heavy atom. The summed E-state index contributed by atoms with van der Waals surface area (Å²) in [6, 6.07) is 5.08. The van der Waals surface area contributed by atoms with Crippen molar-refractivity contribution in [2.75, 3.05) is 11.9 Å². The SMILES string of the molecule is FC(F)(F)CCCCNc1cccc(Cl)n1. The molecule has 0 bridgehead atoms. The summed E-state index contributed by atoms with van der Waals surface area (Å²) in [6.07, 6.45) is -4.23. The maximum absolute atomic E-state index is 11.8. The summed E-state index contributed by atoms with van der Waals surface area (Å²) >= 11 is 5.64. The van der Waals surface area contributed by atoms with Crippen molar-refractivity contribution in [1.29, 1.82) is 0 Å². The molecule has 1 aromatic heterocycles. The number of unbranched alkanes of at least 4 members (excludes halogenated alkanes) is 1. The molecule has 16 heavy (non-hydrogen) atoms. The number of aromatic nitrogens is 1. The van der Waals surface area contributed by atoms with Gasteiger partial charge >= 0.3 is 6.18 Å². The molecule has 1 heterocycles. The largest absolute Gasteiger partial charge is 0.389 e. The van der Waals surface area contributed by atoms with Crippen molar-refractivity contribution in [3.05, 3.63) is 23.4 Å². The highest BCUT2D eigenvalue weighted by molar-refractivity contribution is 6.29. The number of anilines is 1. The fourth-order valence-electron chi connectivity index (χ4n) is 1.17. The smallest absolute Gasteiger partial charge is 0.370 e. The van der Waals surface area contributed by atoms with Gasteiger partial charge in [0.1, 0.15) is 11.0 Å². The predicted octanol–water partition coefficient (Wildman–Crippen LogP) is 3.88. The van der Waals surface area contributed by atoms with Crippen LogP contribution in [0.4, 0.5) is 19.0 Å². The van der Waals surface area contributed by atoms with Gasteiger partial charge < -0.3 is 5.32 Å². The fraction of sp³-hybridized carbons (Fsp3) is 0.500. The molecule has 6 heteroatoms. The van der Waals surface area contributed by atoms with Gasteiger partial charge in [0.15, 0.2) is 0 Å². The molecule has 0 fully saturated rings. The zero-order valence-corrected chi connectivity index (χ0v) is 9.28. The van der Waals surface area contributed by atoms with Crippen LogP contribution in [0.25, 0.3) is 0 Å². The minimum absolute atomic E-state index is 0.122. The van der Waals surface area contributed by atoms with Crippen molar-refractivity contribution in [3.63, 3.8) is 0 Å². The van der Waals surface area contributed by atoms with Gasteiger partial charge in [0.25, 0.3) is 0 Å². The highest BCUT2D eigenvalue weighted by Crippen LogP contribution is 2.22. The summed E-state index contributed by atoms with van der Waals surface area (Å²) in [7, 11) is 0. The van der Waals surface area contributed by atoms with E-state index in [9.17, 15) is 13.2 Å².